The summed E-state index contributed by atoms with van der Waals surface area (Å²) in [5, 5.41) is 3.27. The van der Waals surface area contributed by atoms with Gasteiger partial charge in [-0.25, -0.2) is 0 Å². The fraction of sp³-hybridized carbons (Fsp3) is 0.533. The number of carbonyl (C=O) groups excluding carboxylic acids is 1. The first-order valence-corrected chi connectivity index (χ1v) is 7.55. The smallest absolute Gasteiger partial charge is 0.241 e. The van der Waals surface area contributed by atoms with Gasteiger partial charge < -0.3 is 15.8 Å². The Bertz CT molecular complexity index is 468. The van der Waals surface area contributed by atoms with Gasteiger partial charge in [-0.1, -0.05) is 18.5 Å². The Hall–Kier alpha value is -1.30. The number of ether oxygens (including phenoxy) is 1. The van der Waals surface area contributed by atoms with Gasteiger partial charge in [-0.2, -0.15) is 0 Å². The second-order valence-corrected chi connectivity index (χ2v) is 5.14. The van der Waals surface area contributed by atoms with Crippen molar-refractivity contribution in [1.29, 1.82) is 0 Å². The molecule has 1 unspecified atom stereocenters. The molecule has 1 atom stereocenters. The van der Waals surface area contributed by atoms with Gasteiger partial charge in [0.2, 0.25) is 5.91 Å². The summed E-state index contributed by atoms with van der Waals surface area (Å²) in [4.78, 5) is 14.4. The molecule has 5 nitrogen and oxygen atoms in total. The number of nitrogens with one attached hydrogen (secondary N) is 1. The van der Waals surface area contributed by atoms with Crippen LogP contribution in [0.5, 0.6) is 0 Å². The molecule has 0 aliphatic carbocycles. The van der Waals surface area contributed by atoms with Crippen molar-refractivity contribution in [1.82, 2.24) is 4.90 Å². The highest BCUT2D eigenvalue weighted by molar-refractivity contribution is 6.34. The zero-order valence-corrected chi connectivity index (χ0v) is 13.6. The Morgan fingerprint density at radius 2 is 2.19 bits per heavy atom. The molecule has 0 heterocycles. The zero-order valence-electron chi connectivity index (χ0n) is 12.9. The monoisotopic (exact) mass is 313 g/mol. The van der Waals surface area contributed by atoms with E-state index in [0.29, 0.717) is 36.2 Å². The number of nitrogens with two attached hydrogens (primary N) is 1. The molecule has 1 aromatic rings. The maximum Gasteiger partial charge on any atom is 0.241 e. The van der Waals surface area contributed by atoms with Gasteiger partial charge in [0.25, 0.3) is 0 Å². The van der Waals surface area contributed by atoms with Crippen LogP contribution in [-0.4, -0.2) is 43.2 Å². The lowest BCUT2D eigenvalue weighted by Gasteiger charge is -2.26. The van der Waals surface area contributed by atoms with Crippen molar-refractivity contribution in [3.8, 4) is 0 Å². The van der Waals surface area contributed by atoms with Gasteiger partial charge in [-0.05, 0) is 38.6 Å². The van der Waals surface area contributed by atoms with Crippen LogP contribution in [0.15, 0.2) is 18.2 Å². The van der Waals surface area contributed by atoms with Crippen LogP contribution >= 0.6 is 11.6 Å². The van der Waals surface area contributed by atoms with Crippen LogP contribution in [0.3, 0.4) is 0 Å². The van der Waals surface area contributed by atoms with Gasteiger partial charge >= 0.3 is 0 Å². The highest BCUT2D eigenvalue weighted by Crippen LogP contribution is 2.24. The summed E-state index contributed by atoms with van der Waals surface area (Å²) in [7, 11) is 0. The third-order valence-corrected chi connectivity index (χ3v) is 3.62. The predicted octanol–water partition coefficient (Wildman–Crippen LogP) is 2.61. The van der Waals surface area contributed by atoms with Crippen LogP contribution in [0.1, 0.15) is 20.8 Å². The van der Waals surface area contributed by atoms with Crippen molar-refractivity contribution >= 4 is 28.9 Å². The number of likely N-dealkylation sites (N-methyl/N-ethyl adjacent to an activating group) is 1. The maximum absolute atomic E-state index is 12.3. The van der Waals surface area contributed by atoms with Crippen LogP contribution in [0.4, 0.5) is 11.4 Å². The number of halogens is 1. The van der Waals surface area contributed by atoms with Gasteiger partial charge in [0, 0.05) is 18.8 Å². The van der Waals surface area contributed by atoms with Crippen molar-refractivity contribution < 1.29 is 9.53 Å². The summed E-state index contributed by atoms with van der Waals surface area (Å²) in [5.74, 6) is -0.0972. The molecule has 1 aromatic carbocycles. The lowest BCUT2D eigenvalue weighted by molar-refractivity contribution is -0.120. The molecule has 6 heteroatoms. The highest BCUT2D eigenvalue weighted by atomic mass is 35.5. The summed E-state index contributed by atoms with van der Waals surface area (Å²) in [6.07, 6.45) is 0. The molecule has 0 aromatic heterocycles. The van der Waals surface area contributed by atoms with E-state index >= 15 is 0 Å². The van der Waals surface area contributed by atoms with E-state index in [9.17, 15) is 4.79 Å². The number of nitrogens with zero attached hydrogens (tertiary/aromatic N) is 1. The number of hydrogen-bond acceptors (Lipinski definition) is 4. The number of carbonyl (C=O) groups is 1. The van der Waals surface area contributed by atoms with E-state index in [0.717, 1.165) is 6.54 Å². The molecule has 0 bridgehead atoms. The average Bonchev–Trinajstić information content (AvgIpc) is 2.46. The fourth-order valence-corrected chi connectivity index (χ4v) is 2.22. The zero-order chi connectivity index (χ0) is 15.8. The van der Waals surface area contributed by atoms with Crippen molar-refractivity contribution in [3.05, 3.63) is 23.2 Å². The summed E-state index contributed by atoms with van der Waals surface area (Å²) in [6.45, 7) is 8.63. The van der Waals surface area contributed by atoms with E-state index < -0.39 is 0 Å². The molecule has 0 saturated carbocycles. The first-order chi connectivity index (χ1) is 9.99. The van der Waals surface area contributed by atoms with E-state index in [-0.39, 0.29) is 11.9 Å². The lowest BCUT2D eigenvalue weighted by Crippen LogP contribution is -2.43. The Labute approximate surface area is 131 Å². The number of benzene rings is 1. The first kappa shape index (κ1) is 17.8. The largest absolute Gasteiger partial charge is 0.399 e. The van der Waals surface area contributed by atoms with Crippen LogP contribution in [0.25, 0.3) is 0 Å². The Kier molecular flexibility index (Phi) is 7.50. The summed E-state index contributed by atoms with van der Waals surface area (Å²) in [5.41, 5.74) is 6.78. The van der Waals surface area contributed by atoms with Crippen LogP contribution in [0, 0.1) is 0 Å². The number of rotatable bonds is 8. The number of hydrogen-bond donors (Lipinski definition) is 2. The van der Waals surface area contributed by atoms with Crippen molar-refractivity contribution in [3.63, 3.8) is 0 Å². The molecule has 3 N–H and O–H groups in total. The molecule has 118 valence electrons. The molecule has 1 amide bonds. The quantitative estimate of drug-likeness (QED) is 0.572. The molecular formula is C15H24ClN3O2. The van der Waals surface area contributed by atoms with Crippen molar-refractivity contribution in [2.24, 2.45) is 0 Å². The standard InChI is InChI=1S/C15H24ClN3O2/c1-4-19(8-9-21-5-2)11(3)15(20)18-14-7-6-12(17)10-13(14)16/h6-7,10-11H,4-5,8-9,17H2,1-3H3,(H,18,20). The van der Waals surface area contributed by atoms with Crippen LogP contribution in [-0.2, 0) is 9.53 Å². The molecule has 0 fully saturated rings. The minimum absolute atomic E-state index is 0.0972. The van der Waals surface area contributed by atoms with Crippen LogP contribution in [0.2, 0.25) is 5.02 Å². The third kappa shape index (κ3) is 5.53. The lowest BCUT2D eigenvalue weighted by atomic mass is 10.2. The molecule has 0 aliphatic heterocycles. The minimum atomic E-state index is -0.260. The van der Waals surface area contributed by atoms with Gasteiger partial charge in [0.05, 0.1) is 23.4 Å². The van der Waals surface area contributed by atoms with E-state index in [4.69, 9.17) is 22.1 Å². The highest BCUT2D eigenvalue weighted by Gasteiger charge is 2.20. The van der Waals surface area contributed by atoms with Gasteiger partial charge in [0.15, 0.2) is 0 Å². The van der Waals surface area contributed by atoms with Crippen molar-refractivity contribution in [2.75, 3.05) is 37.4 Å². The van der Waals surface area contributed by atoms with Gasteiger partial charge in [-0.3, -0.25) is 9.69 Å². The molecule has 1 rings (SSSR count). The normalized spacial score (nSPS) is 12.4. The van der Waals surface area contributed by atoms with Gasteiger partial charge in [0.1, 0.15) is 0 Å². The topological polar surface area (TPSA) is 67.6 Å². The number of nitrogen functional groups attached to an aromatic ring is 1. The Balaban J connectivity index is 2.63. The summed E-state index contributed by atoms with van der Waals surface area (Å²) in [6, 6.07) is 4.77. The summed E-state index contributed by atoms with van der Waals surface area (Å²) >= 11 is 6.07. The summed E-state index contributed by atoms with van der Waals surface area (Å²) < 4.78 is 5.34. The molecule has 0 saturated heterocycles. The van der Waals surface area contributed by atoms with Gasteiger partial charge in [-0.15, -0.1) is 0 Å². The predicted molar refractivity (Wildman–Crippen MR) is 87.7 cm³/mol. The van der Waals surface area contributed by atoms with E-state index in [1.807, 2.05) is 20.8 Å². The Morgan fingerprint density at radius 1 is 1.48 bits per heavy atom. The maximum atomic E-state index is 12.3. The molecule has 0 aliphatic rings. The van der Waals surface area contributed by atoms with E-state index in [1.54, 1.807) is 18.2 Å². The molecule has 0 radical (unpaired) electrons. The SMILES string of the molecule is CCOCCN(CC)C(C)C(=O)Nc1ccc(N)cc1Cl. The van der Waals surface area contributed by atoms with E-state index in [2.05, 4.69) is 10.2 Å². The fourth-order valence-electron chi connectivity index (χ4n) is 1.99. The van der Waals surface area contributed by atoms with Crippen LogP contribution < -0.4 is 11.1 Å². The minimum Gasteiger partial charge on any atom is -0.399 e. The second kappa shape index (κ2) is 8.87. The average molecular weight is 314 g/mol. The first-order valence-electron chi connectivity index (χ1n) is 7.17. The third-order valence-electron chi connectivity index (χ3n) is 3.31. The van der Waals surface area contributed by atoms with Crippen molar-refractivity contribution in [2.45, 2.75) is 26.8 Å². The number of amides is 1. The van der Waals surface area contributed by atoms with E-state index in [1.165, 1.54) is 0 Å². The Morgan fingerprint density at radius 3 is 2.76 bits per heavy atom. The number of anilines is 2. The molecule has 0 spiro atoms. The molecule has 21 heavy (non-hydrogen) atoms. The molecular weight excluding hydrogens is 290 g/mol. The second-order valence-electron chi connectivity index (χ2n) is 4.73.